The molecule has 0 aromatic carbocycles. The Morgan fingerprint density at radius 3 is 1.36 bits per heavy atom. The van der Waals surface area contributed by atoms with Gasteiger partial charge in [-0.25, -0.2) is 0 Å². The van der Waals surface area contributed by atoms with Gasteiger partial charge in [-0.05, 0) is 62.7 Å². The topological polar surface area (TPSA) is 20.2 Å². The van der Waals surface area contributed by atoms with Crippen molar-refractivity contribution in [2.75, 3.05) is 6.61 Å². The molecule has 1 rings (SSSR count). The standard InChI is InChI=1S/C15H24F6O/c16-14(17,18)5-3-12-8-11(2-1-7-22)9-13(10-12)4-6-15(19,20)21/h11-13,22H,1-10H2. The zero-order valence-corrected chi connectivity index (χ0v) is 12.5. The lowest BCUT2D eigenvalue weighted by Gasteiger charge is -2.35. The Kier molecular flexibility index (Phi) is 7.49. The van der Waals surface area contributed by atoms with E-state index >= 15 is 0 Å². The predicted molar refractivity (Wildman–Crippen MR) is 71.2 cm³/mol. The summed E-state index contributed by atoms with van der Waals surface area (Å²) in [6.07, 6.45) is -7.17. The van der Waals surface area contributed by atoms with Gasteiger partial charge in [-0.3, -0.25) is 0 Å². The van der Waals surface area contributed by atoms with Crippen LogP contribution in [0.1, 0.15) is 57.8 Å². The molecule has 7 heteroatoms. The molecule has 0 heterocycles. The lowest BCUT2D eigenvalue weighted by atomic mass is 9.71. The minimum Gasteiger partial charge on any atom is -0.396 e. The van der Waals surface area contributed by atoms with Crippen molar-refractivity contribution in [1.82, 2.24) is 0 Å². The van der Waals surface area contributed by atoms with Gasteiger partial charge in [-0.15, -0.1) is 0 Å². The van der Waals surface area contributed by atoms with Crippen LogP contribution in [0.5, 0.6) is 0 Å². The van der Waals surface area contributed by atoms with Crippen LogP contribution in [0.3, 0.4) is 0 Å². The molecule has 132 valence electrons. The highest BCUT2D eigenvalue weighted by atomic mass is 19.4. The summed E-state index contributed by atoms with van der Waals surface area (Å²) in [5, 5.41) is 8.85. The van der Waals surface area contributed by atoms with Crippen molar-refractivity contribution in [2.24, 2.45) is 17.8 Å². The fourth-order valence-corrected chi connectivity index (χ4v) is 3.53. The molecule has 1 aliphatic rings. The summed E-state index contributed by atoms with van der Waals surface area (Å²) in [4.78, 5) is 0. The van der Waals surface area contributed by atoms with Crippen LogP contribution in [0, 0.1) is 17.8 Å². The zero-order chi connectivity index (χ0) is 16.8. The molecule has 0 spiro atoms. The fraction of sp³-hybridized carbons (Fsp3) is 1.00. The third-order valence-electron chi connectivity index (χ3n) is 4.44. The van der Waals surface area contributed by atoms with Crippen LogP contribution in [-0.2, 0) is 0 Å². The minimum atomic E-state index is -4.21. The van der Waals surface area contributed by atoms with Crippen LogP contribution in [0.4, 0.5) is 26.3 Å². The smallest absolute Gasteiger partial charge is 0.389 e. The molecular formula is C15H24F6O. The summed E-state index contributed by atoms with van der Waals surface area (Å²) in [5.41, 5.74) is 0. The Morgan fingerprint density at radius 1 is 0.682 bits per heavy atom. The van der Waals surface area contributed by atoms with E-state index in [0.29, 0.717) is 32.1 Å². The molecule has 0 aliphatic heterocycles. The van der Waals surface area contributed by atoms with Crippen molar-refractivity contribution in [3.05, 3.63) is 0 Å². The second kappa shape index (κ2) is 8.41. The second-order valence-corrected chi connectivity index (χ2v) is 6.48. The number of alkyl halides is 6. The lowest BCUT2D eigenvalue weighted by Crippen LogP contribution is -2.25. The first-order chi connectivity index (χ1) is 10.1. The van der Waals surface area contributed by atoms with Crippen molar-refractivity contribution in [3.8, 4) is 0 Å². The van der Waals surface area contributed by atoms with E-state index in [1.807, 2.05) is 0 Å². The molecule has 2 atom stereocenters. The number of halogens is 6. The highest BCUT2D eigenvalue weighted by Gasteiger charge is 2.35. The molecule has 1 aliphatic carbocycles. The first kappa shape index (κ1) is 19.6. The van der Waals surface area contributed by atoms with Gasteiger partial charge in [0.2, 0.25) is 0 Å². The molecule has 1 fully saturated rings. The van der Waals surface area contributed by atoms with Crippen LogP contribution in [0.2, 0.25) is 0 Å². The molecule has 22 heavy (non-hydrogen) atoms. The van der Waals surface area contributed by atoms with E-state index in [1.165, 1.54) is 0 Å². The normalized spacial score (nSPS) is 27.1. The molecule has 1 saturated carbocycles. The van der Waals surface area contributed by atoms with Gasteiger partial charge < -0.3 is 5.11 Å². The molecule has 0 radical (unpaired) electrons. The first-order valence-corrected chi connectivity index (χ1v) is 7.83. The molecule has 0 saturated heterocycles. The van der Waals surface area contributed by atoms with Crippen LogP contribution >= 0.6 is 0 Å². The molecular weight excluding hydrogens is 310 g/mol. The fourth-order valence-electron chi connectivity index (χ4n) is 3.53. The van der Waals surface area contributed by atoms with Gasteiger partial charge >= 0.3 is 12.4 Å². The van der Waals surface area contributed by atoms with Crippen LogP contribution in [0.25, 0.3) is 0 Å². The summed E-state index contributed by atoms with van der Waals surface area (Å²) in [6, 6.07) is 0. The maximum atomic E-state index is 12.3. The van der Waals surface area contributed by atoms with Gasteiger partial charge in [0.05, 0.1) is 0 Å². The third-order valence-corrected chi connectivity index (χ3v) is 4.44. The average molecular weight is 334 g/mol. The molecule has 0 bridgehead atoms. The summed E-state index contributed by atoms with van der Waals surface area (Å²) < 4.78 is 74.0. The molecule has 0 amide bonds. The zero-order valence-electron chi connectivity index (χ0n) is 12.5. The van der Waals surface area contributed by atoms with Crippen LogP contribution in [-0.4, -0.2) is 24.1 Å². The van der Waals surface area contributed by atoms with Gasteiger partial charge in [0.25, 0.3) is 0 Å². The SMILES string of the molecule is OCCCC1CC(CCC(F)(F)F)CC(CCC(F)(F)F)C1. The summed E-state index contributed by atoms with van der Waals surface area (Å²) >= 11 is 0. The maximum Gasteiger partial charge on any atom is 0.389 e. The van der Waals surface area contributed by atoms with Crippen molar-refractivity contribution >= 4 is 0 Å². The lowest BCUT2D eigenvalue weighted by molar-refractivity contribution is -0.140. The van der Waals surface area contributed by atoms with Crippen molar-refractivity contribution in [2.45, 2.75) is 70.1 Å². The Morgan fingerprint density at radius 2 is 1.05 bits per heavy atom. The largest absolute Gasteiger partial charge is 0.396 e. The van der Waals surface area contributed by atoms with Gasteiger partial charge in [0, 0.05) is 19.4 Å². The Labute approximate surface area is 127 Å². The third kappa shape index (κ3) is 8.86. The predicted octanol–water partition coefficient (Wildman–Crippen LogP) is 5.48. The summed E-state index contributed by atoms with van der Waals surface area (Å²) in [7, 11) is 0. The summed E-state index contributed by atoms with van der Waals surface area (Å²) in [6.45, 7) is 0.0108. The Balaban J connectivity index is 2.53. The Hall–Kier alpha value is -0.460. The van der Waals surface area contributed by atoms with E-state index in [-0.39, 0.29) is 37.2 Å². The number of aliphatic hydroxyl groups is 1. The maximum absolute atomic E-state index is 12.3. The second-order valence-electron chi connectivity index (χ2n) is 6.48. The average Bonchev–Trinajstić information content (AvgIpc) is 2.39. The van der Waals surface area contributed by atoms with Crippen molar-refractivity contribution < 1.29 is 31.4 Å². The van der Waals surface area contributed by atoms with E-state index in [0.717, 1.165) is 0 Å². The van der Waals surface area contributed by atoms with Crippen molar-refractivity contribution in [1.29, 1.82) is 0 Å². The monoisotopic (exact) mass is 334 g/mol. The van der Waals surface area contributed by atoms with Crippen molar-refractivity contribution in [3.63, 3.8) is 0 Å². The molecule has 1 nitrogen and oxygen atoms in total. The van der Waals surface area contributed by atoms with E-state index in [1.54, 1.807) is 0 Å². The summed E-state index contributed by atoms with van der Waals surface area (Å²) in [5.74, 6) is -0.174. The van der Waals surface area contributed by atoms with Gasteiger partial charge in [-0.1, -0.05) is 0 Å². The van der Waals surface area contributed by atoms with E-state index in [2.05, 4.69) is 0 Å². The number of hydrogen-bond acceptors (Lipinski definition) is 1. The van der Waals surface area contributed by atoms with Crippen LogP contribution < -0.4 is 0 Å². The molecule has 0 aromatic rings. The van der Waals surface area contributed by atoms with Gasteiger partial charge in [0.15, 0.2) is 0 Å². The van der Waals surface area contributed by atoms with E-state index in [9.17, 15) is 26.3 Å². The number of aliphatic hydroxyl groups excluding tert-OH is 1. The Bertz CT molecular complexity index is 286. The molecule has 2 unspecified atom stereocenters. The first-order valence-electron chi connectivity index (χ1n) is 7.83. The quantitative estimate of drug-likeness (QED) is 0.612. The molecule has 1 N–H and O–H groups in total. The van der Waals surface area contributed by atoms with E-state index < -0.39 is 25.2 Å². The minimum absolute atomic E-state index is 0.00163. The van der Waals surface area contributed by atoms with E-state index in [4.69, 9.17) is 5.11 Å². The highest BCUT2D eigenvalue weighted by Crippen LogP contribution is 2.42. The number of hydrogen-bond donors (Lipinski definition) is 1. The van der Waals surface area contributed by atoms with Gasteiger partial charge in [0.1, 0.15) is 0 Å². The van der Waals surface area contributed by atoms with Gasteiger partial charge in [-0.2, -0.15) is 26.3 Å². The highest BCUT2D eigenvalue weighted by molar-refractivity contribution is 4.80. The molecule has 0 aromatic heterocycles. The van der Waals surface area contributed by atoms with Crippen LogP contribution in [0.15, 0.2) is 0 Å². The number of rotatable bonds is 7.